The fourth-order valence-electron chi connectivity index (χ4n) is 3.52. The zero-order valence-corrected chi connectivity index (χ0v) is 22.6. The van der Waals surface area contributed by atoms with Gasteiger partial charge in [-0.15, -0.1) is 33.2 Å². The molecule has 0 amide bonds. The first-order valence-electron chi connectivity index (χ1n) is 7.60. The lowest BCUT2D eigenvalue weighted by molar-refractivity contribution is 0.684. The van der Waals surface area contributed by atoms with Gasteiger partial charge in [-0.2, -0.15) is 0 Å². The number of benzene rings is 2. The van der Waals surface area contributed by atoms with E-state index in [-0.39, 0.29) is 52.0 Å². The van der Waals surface area contributed by atoms with Gasteiger partial charge in [0.2, 0.25) is 0 Å². The fourth-order valence-corrected chi connectivity index (χ4v) is 8.24. The Labute approximate surface area is 217 Å². The summed E-state index contributed by atoms with van der Waals surface area (Å²) in [5, 5.41) is 1.68. The summed E-state index contributed by atoms with van der Waals surface area (Å²) in [4.78, 5) is 0. The smallest absolute Gasteiger partial charge is 0.126 e. The molecule has 0 N–H and O–H groups in total. The first-order valence-corrected chi connectivity index (χ1v) is 15.9. The molecule has 28 heavy (non-hydrogen) atoms. The number of rotatable bonds is 3. The largest absolute Gasteiger partial charge is 0.342 e. The third kappa shape index (κ3) is 4.49. The van der Waals surface area contributed by atoms with Crippen LogP contribution in [0, 0.1) is 0 Å². The van der Waals surface area contributed by atoms with Crippen molar-refractivity contribution in [1.29, 1.82) is 0 Å². The first kappa shape index (κ1) is 24.5. The topological polar surface area (TPSA) is 0 Å². The predicted molar refractivity (Wildman–Crippen MR) is 130 cm³/mol. The molecule has 2 aromatic carbocycles. The zero-order valence-electron chi connectivity index (χ0n) is 13.3. The molecule has 0 heterocycles. The summed E-state index contributed by atoms with van der Waals surface area (Å²) < 4.78 is 0. The Kier molecular flexibility index (Phi) is 7.87. The molecule has 152 valence electrons. The van der Waals surface area contributed by atoms with Crippen LogP contribution in [-0.4, -0.2) is 6.00 Å². The van der Waals surface area contributed by atoms with Crippen molar-refractivity contribution >= 4 is 132 Å². The Balaban J connectivity index is 2.29. The van der Waals surface area contributed by atoms with Crippen LogP contribution in [0.15, 0.2) is 6.07 Å². The lowest BCUT2D eigenvalue weighted by Crippen LogP contribution is -2.13. The van der Waals surface area contributed by atoms with Gasteiger partial charge in [0, 0.05) is 5.92 Å². The Morgan fingerprint density at radius 1 is 0.679 bits per heavy atom. The van der Waals surface area contributed by atoms with Crippen LogP contribution >= 0.6 is 126 Å². The molecule has 0 radical (unpaired) electrons. The van der Waals surface area contributed by atoms with Crippen LogP contribution in [-0.2, 0) is 0 Å². The average molecular weight is 617 g/mol. The molecule has 1 aliphatic rings. The number of halogens is 11. The van der Waals surface area contributed by atoms with Crippen molar-refractivity contribution in [3.05, 3.63) is 62.9 Å². The molecular formula is C16H7Cl11Si. The summed E-state index contributed by atoms with van der Waals surface area (Å²) in [6.07, 6.45) is 0.514. The molecule has 0 aliphatic heterocycles. The minimum atomic E-state index is -3.00. The molecule has 0 aromatic heterocycles. The minimum absolute atomic E-state index is 0.145. The highest BCUT2D eigenvalue weighted by atomic mass is 35.8. The van der Waals surface area contributed by atoms with Gasteiger partial charge < -0.3 is 0 Å². The molecule has 0 spiro atoms. The number of hydrogen-bond acceptors (Lipinski definition) is 0. The molecule has 0 nitrogen and oxygen atoms in total. The molecule has 2 atom stereocenters. The summed E-state index contributed by atoms with van der Waals surface area (Å²) in [7, 11) is 0. The van der Waals surface area contributed by atoms with E-state index in [2.05, 4.69) is 0 Å². The van der Waals surface area contributed by atoms with Crippen LogP contribution in [0.2, 0.25) is 46.2 Å². The van der Waals surface area contributed by atoms with E-state index in [0.717, 1.165) is 0 Å². The van der Waals surface area contributed by atoms with Crippen LogP contribution < -0.4 is 0 Å². The first-order chi connectivity index (χ1) is 12.8. The molecule has 0 saturated carbocycles. The molecule has 2 aromatic rings. The standard InChI is InChI=1S/C16H7Cl11Si/c17-7-2-6(10(18)14(22)11(7)19)5-1-4(3-28(25,26)27)8-9(5)13(21)16(24)15(23)12(8)20/h2,4-5H,1,3H2/t4-,5+/m1/s1. The summed E-state index contributed by atoms with van der Waals surface area (Å²) >= 11 is 69.3. The quantitative estimate of drug-likeness (QED) is 0.139. The monoisotopic (exact) mass is 612 g/mol. The van der Waals surface area contributed by atoms with E-state index in [1.54, 1.807) is 6.07 Å². The highest BCUT2D eigenvalue weighted by Crippen LogP contribution is 2.59. The fraction of sp³-hybridized carbons (Fsp3) is 0.250. The molecule has 0 unspecified atom stereocenters. The van der Waals surface area contributed by atoms with Gasteiger partial charge in [0.05, 0.1) is 40.2 Å². The van der Waals surface area contributed by atoms with E-state index in [0.29, 0.717) is 29.2 Å². The third-order valence-corrected chi connectivity index (χ3v) is 10.5. The van der Waals surface area contributed by atoms with Crippen molar-refractivity contribution in [2.24, 2.45) is 0 Å². The summed E-state index contributed by atoms with van der Waals surface area (Å²) in [5.74, 6) is -0.538. The van der Waals surface area contributed by atoms with Crippen molar-refractivity contribution in [3.8, 4) is 0 Å². The van der Waals surface area contributed by atoms with Crippen LogP contribution in [0.1, 0.15) is 34.9 Å². The summed E-state index contributed by atoms with van der Waals surface area (Å²) in [6.45, 7) is 0. The average Bonchev–Trinajstić information content (AvgIpc) is 2.96. The van der Waals surface area contributed by atoms with E-state index in [1.165, 1.54) is 0 Å². The lowest BCUT2D eigenvalue weighted by atomic mass is 9.92. The predicted octanol–water partition coefficient (Wildman–Crippen LogP) is 11.2. The van der Waals surface area contributed by atoms with Crippen molar-refractivity contribution < 1.29 is 0 Å². The van der Waals surface area contributed by atoms with Crippen LogP contribution in [0.25, 0.3) is 0 Å². The van der Waals surface area contributed by atoms with Crippen molar-refractivity contribution in [2.75, 3.05) is 0 Å². The van der Waals surface area contributed by atoms with Crippen LogP contribution in [0.4, 0.5) is 0 Å². The van der Waals surface area contributed by atoms with Crippen molar-refractivity contribution in [1.82, 2.24) is 0 Å². The molecule has 3 rings (SSSR count). The van der Waals surface area contributed by atoms with Crippen LogP contribution in [0.3, 0.4) is 0 Å². The zero-order chi connectivity index (χ0) is 21.1. The maximum absolute atomic E-state index is 6.56. The molecule has 12 heteroatoms. The van der Waals surface area contributed by atoms with E-state index in [4.69, 9.17) is 126 Å². The minimum Gasteiger partial charge on any atom is -0.126 e. The van der Waals surface area contributed by atoms with Crippen molar-refractivity contribution in [3.63, 3.8) is 0 Å². The second kappa shape index (κ2) is 9.00. The number of fused-ring (bicyclic) bond motifs is 1. The van der Waals surface area contributed by atoms with Gasteiger partial charge in [0.25, 0.3) is 0 Å². The Morgan fingerprint density at radius 3 is 1.71 bits per heavy atom. The van der Waals surface area contributed by atoms with Crippen molar-refractivity contribution in [2.45, 2.75) is 24.3 Å². The highest BCUT2D eigenvalue weighted by molar-refractivity contribution is 7.64. The highest BCUT2D eigenvalue weighted by Gasteiger charge is 2.43. The molecule has 0 saturated heterocycles. The van der Waals surface area contributed by atoms with E-state index >= 15 is 0 Å². The summed E-state index contributed by atoms with van der Waals surface area (Å²) in [5.41, 5.74) is 2.00. The third-order valence-electron chi connectivity index (χ3n) is 4.60. The Morgan fingerprint density at radius 2 is 1.18 bits per heavy atom. The maximum Gasteiger partial charge on any atom is 0.342 e. The normalized spacial score (nSPS) is 19.2. The van der Waals surface area contributed by atoms with Crippen LogP contribution in [0.5, 0.6) is 0 Å². The van der Waals surface area contributed by atoms with E-state index < -0.39 is 6.00 Å². The second-order valence-electron chi connectivity index (χ2n) is 6.28. The van der Waals surface area contributed by atoms with Gasteiger partial charge >= 0.3 is 6.00 Å². The SMILES string of the molecule is Clc1cc([C@@H]2C[C@H](C[Si](Cl)(Cl)Cl)c3c(Cl)c(Cl)c(Cl)c(Cl)c32)c(Cl)c(Cl)c1Cl. The molecule has 0 fully saturated rings. The maximum atomic E-state index is 6.56. The lowest BCUT2D eigenvalue weighted by Gasteiger charge is -2.19. The van der Waals surface area contributed by atoms with Gasteiger partial charge in [0.1, 0.15) is 0 Å². The second-order valence-corrected chi connectivity index (χ2v) is 18.5. The Hall–Kier alpha value is 1.85. The number of hydrogen-bond donors (Lipinski definition) is 0. The van der Waals surface area contributed by atoms with Gasteiger partial charge in [-0.05, 0) is 41.1 Å². The van der Waals surface area contributed by atoms with Gasteiger partial charge in [-0.3, -0.25) is 0 Å². The molecular weight excluding hydrogens is 610 g/mol. The van der Waals surface area contributed by atoms with E-state index in [9.17, 15) is 0 Å². The van der Waals surface area contributed by atoms with Gasteiger partial charge in [-0.25, -0.2) is 0 Å². The van der Waals surface area contributed by atoms with E-state index in [1.807, 2.05) is 0 Å². The molecule has 0 bridgehead atoms. The Bertz CT molecular complexity index is 967. The molecule has 1 aliphatic carbocycles. The summed E-state index contributed by atoms with van der Waals surface area (Å²) in [6, 6.07) is -1.04. The van der Waals surface area contributed by atoms with Gasteiger partial charge in [-0.1, -0.05) is 92.8 Å². The van der Waals surface area contributed by atoms with Gasteiger partial charge in [0.15, 0.2) is 0 Å².